The predicted molar refractivity (Wildman–Crippen MR) is 137 cm³/mol. The van der Waals surface area contributed by atoms with Gasteiger partial charge in [-0.05, 0) is 72.7 Å². The Bertz CT molecular complexity index is 1230. The summed E-state index contributed by atoms with van der Waals surface area (Å²) in [5.74, 6) is 0.313. The molecule has 3 aromatic rings. The molecule has 2 aromatic carbocycles. The molecule has 1 aliphatic carbocycles. The van der Waals surface area contributed by atoms with Gasteiger partial charge in [0.25, 0.3) is 5.91 Å². The van der Waals surface area contributed by atoms with Crippen LogP contribution in [0, 0.1) is 17.2 Å². The Balaban J connectivity index is 1.28. The van der Waals surface area contributed by atoms with E-state index < -0.39 is 18.5 Å². The van der Waals surface area contributed by atoms with E-state index in [2.05, 4.69) is 18.3 Å². The number of thioether (sulfide) groups is 1. The highest BCUT2D eigenvalue weighted by Gasteiger charge is 2.24. The first-order chi connectivity index (χ1) is 16.4. The van der Waals surface area contributed by atoms with Gasteiger partial charge in [-0.3, -0.25) is 4.79 Å². The lowest BCUT2D eigenvalue weighted by molar-refractivity contribution is -0.119. The minimum atomic E-state index is -0.563. The molecule has 1 amide bonds. The van der Waals surface area contributed by atoms with Gasteiger partial charge in [-0.25, -0.2) is 4.79 Å². The van der Waals surface area contributed by atoms with Crippen LogP contribution >= 0.6 is 34.7 Å². The Labute approximate surface area is 212 Å². The SMILES string of the molecule is CC1CCc2c(sc(NC(=O)COC(=O)c3ccc(CSc4ccc(Cl)cc4)cc3)c2C#N)C1. The van der Waals surface area contributed by atoms with Crippen molar-refractivity contribution < 1.29 is 14.3 Å². The van der Waals surface area contributed by atoms with Gasteiger partial charge >= 0.3 is 5.97 Å². The van der Waals surface area contributed by atoms with Crippen molar-refractivity contribution >= 4 is 51.6 Å². The minimum absolute atomic E-state index is 0.381. The lowest BCUT2D eigenvalue weighted by atomic mass is 9.89. The largest absolute Gasteiger partial charge is 0.452 e. The standard InChI is InChI=1S/C26H23ClN2O3S2/c1-16-2-11-21-22(13-28)25(34-23(21)12-16)29-24(30)14-32-26(31)18-5-3-17(4-6-18)15-33-20-9-7-19(27)8-10-20/h3-10,16H,2,11-12,14-15H2,1H3,(H,29,30). The van der Waals surface area contributed by atoms with Gasteiger partial charge in [0.05, 0.1) is 11.1 Å². The van der Waals surface area contributed by atoms with Crippen LogP contribution in [-0.2, 0) is 28.1 Å². The summed E-state index contributed by atoms with van der Waals surface area (Å²) >= 11 is 9.04. The van der Waals surface area contributed by atoms with E-state index in [0.29, 0.717) is 27.1 Å². The smallest absolute Gasteiger partial charge is 0.338 e. The molecule has 0 saturated carbocycles. The molecule has 8 heteroatoms. The maximum Gasteiger partial charge on any atom is 0.338 e. The van der Waals surface area contributed by atoms with Crippen LogP contribution in [0.4, 0.5) is 5.00 Å². The number of benzene rings is 2. The summed E-state index contributed by atoms with van der Waals surface area (Å²) in [4.78, 5) is 27.0. The fourth-order valence-corrected chi connectivity index (χ4v) is 6.13. The number of hydrogen-bond donors (Lipinski definition) is 1. The molecular formula is C26H23ClN2O3S2. The normalized spacial score (nSPS) is 14.7. The zero-order chi connectivity index (χ0) is 24.1. The molecule has 4 rings (SSSR count). The molecule has 0 bridgehead atoms. The van der Waals surface area contributed by atoms with Crippen molar-refractivity contribution in [1.82, 2.24) is 0 Å². The molecule has 1 unspecified atom stereocenters. The summed E-state index contributed by atoms with van der Waals surface area (Å²) < 4.78 is 5.19. The first-order valence-corrected chi connectivity index (χ1v) is 13.1. The fraction of sp³-hybridized carbons (Fsp3) is 0.269. The number of rotatable bonds is 7. The Hall–Kier alpha value is -2.79. The van der Waals surface area contributed by atoms with Crippen molar-refractivity contribution in [3.8, 4) is 6.07 Å². The van der Waals surface area contributed by atoms with Crippen LogP contribution in [-0.4, -0.2) is 18.5 Å². The number of nitrogens with one attached hydrogen (secondary N) is 1. The molecule has 1 N–H and O–H groups in total. The highest BCUT2D eigenvalue weighted by atomic mass is 35.5. The summed E-state index contributed by atoms with van der Waals surface area (Å²) in [7, 11) is 0. The number of hydrogen-bond acceptors (Lipinski definition) is 6. The topological polar surface area (TPSA) is 79.2 Å². The number of halogens is 1. The summed E-state index contributed by atoms with van der Waals surface area (Å²) in [5, 5.41) is 13.6. The van der Waals surface area contributed by atoms with Crippen LogP contribution in [0.25, 0.3) is 0 Å². The van der Waals surface area contributed by atoms with Crippen molar-refractivity contribution in [3.05, 3.63) is 80.7 Å². The van der Waals surface area contributed by atoms with Gasteiger partial charge in [-0.15, -0.1) is 23.1 Å². The van der Waals surface area contributed by atoms with Gasteiger partial charge in [-0.2, -0.15) is 5.26 Å². The van der Waals surface area contributed by atoms with Crippen molar-refractivity contribution in [2.24, 2.45) is 5.92 Å². The quantitative estimate of drug-likeness (QED) is 0.290. The van der Waals surface area contributed by atoms with Gasteiger partial charge in [0.2, 0.25) is 0 Å². The first kappa shape index (κ1) is 24.3. The number of thiophene rings is 1. The Kier molecular flexibility index (Phi) is 7.94. The van der Waals surface area contributed by atoms with Crippen LogP contribution in [0.15, 0.2) is 53.4 Å². The van der Waals surface area contributed by atoms with Crippen molar-refractivity contribution in [2.45, 2.75) is 36.8 Å². The van der Waals surface area contributed by atoms with Crippen molar-refractivity contribution in [2.75, 3.05) is 11.9 Å². The van der Waals surface area contributed by atoms with Gasteiger partial charge in [0.15, 0.2) is 6.61 Å². The third-order valence-corrected chi connectivity index (χ3v) is 8.12. The maximum absolute atomic E-state index is 12.4. The number of ether oxygens (including phenoxy) is 1. The molecule has 0 fully saturated rings. The molecule has 0 spiro atoms. The zero-order valence-electron chi connectivity index (χ0n) is 18.6. The first-order valence-electron chi connectivity index (χ1n) is 10.9. The molecule has 174 valence electrons. The lowest BCUT2D eigenvalue weighted by Gasteiger charge is -2.17. The van der Waals surface area contributed by atoms with Crippen molar-refractivity contribution in [1.29, 1.82) is 5.26 Å². The number of anilines is 1. The van der Waals surface area contributed by atoms with Crippen LogP contribution in [0.1, 0.15) is 45.3 Å². The summed E-state index contributed by atoms with van der Waals surface area (Å²) in [6.07, 6.45) is 2.82. The number of carbonyl (C=O) groups is 2. The molecule has 1 atom stereocenters. The number of nitrogens with zero attached hydrogens (tertiary/aromatic N) is 1. The second-order valence-corrected chi connectivity index (χ2v) is 10.8. The second-order valence-electron chi connectivity index (χ2n) is 8.23. The number of esters is 1. The van der Waals surface area contributed by atoms with E-state index in [9.17, 15) is 14.9 Å². The number of carbonyl (C=O) groups excluding carboxylic acids is 2. The molecule has 0 radical (unpaired) electrons. The van der Waals surface area contributed by atoms with Crippen LogP contribution in [0.2, 0.25) is 5.02 Å². The van der Waals surface area contributed by atoms with E-state index in [1.54, 1.807) is 23.9 Å². The Morgan fingerprint density at radius 1 is 1.21 bits per heavy atom. The number of nitriles is 1. The molecule has 1 aromatic heterocycles. The van der Waals surface area contributed by atoms with Gasteiger partial charge in [0.1, 0.15) is 11.1 Å². The molecular weight excluding hydrogens is 488 g/mol. The van der Waals surface area contributed by atoms with E-state index >= 15 is 0 Å². The molecule has 5 nitrogen and oxygen atoms in total. The molecule has 1 aliphatic rings. The third kappa shape index (κ3) is 6.01. The predicted octanol–water partition coefficient (Wildman–Crippen LogP) is 6.49. The van der Waals surface area contributed by atoms with E-state index in [-0.39, 0.29) is 0 Å². The van der Waals surface area contributed by atoms with Crippen molar-refractivity contribution in [3.63, 3.8) is 0 Å². The highest BCUT2D eigenvalue weighted by Crippen LogP contribution is 2.39. The average molecular weight is 511 g/mol. The lowest BCUT2D eigenvalue weighted by Crippen LogP contribution is -2.21. The van der Waals surface area contributed by atoms with E-state index in [1.807, 2.05) is 36.4 Å². The Morgan fingerprint density at radius 3 is 2.65 bits per heavy atom. The molecule has 34 heavy (non-hydrogen) atoms. The average Bonchev–Trinajstić information content (AvgIpc) is 3.18. The van der Waals surface area contributed by atoms with Gasteiger partial charge < -0.3 is 10.1 Å². The fourth-order valence-electron chi connectivity index (χ4n) is 3.77. The van der Waals surface area contributed by atoms with E-state index in [0.717, 1.165) is 45.9 Å². The molecule has 1 heterocycles. The third-order valence-electron chi connectivity index (χ3n) is 5.62. The van der Waals surface area contributed by atoms with Gasteiger partial charge in [-0.1, -0.05) is 30.7 Å². The van der Waals surface area contributed by atoms with Crippen LogP contribution in [0.3, 0.4) is 0 Å². The second kappa shape index (κ2) is 11.1. The summed E-state index contributed by atoms with van der Waals surface area (Å²) in [6, 6.07) is 17.0. The minimum Gasteiger partial charge on any atom is -0.452 e. The summed E-state index contributed by atoms with van der Waals surface area (Å²) in [5.41, 5.74) is 3.03. The van der Waals surface area contributed by atoms with Crippen LogP contribution in [0.5, 0.6) is 0 Å². The van der Waals surface area contributed by atoms with Gasteiger partial charge in [0, 0.05) is 20.5 Å². The molecule has 0 saturated heterocycles. The molecule has 0 aliphatic heterocycles. The van der Waals surface area contributed by atoms with E-state index in [1.165, 1.54) is 11.3 Å². The van der Waals surface area contributed by atoms with E-state index in [4.69, 9.17) is 16.3 Å². The maximum atomic E-state index is 12.4. The van der Waals surface area contributed by atoms with Crippen LogP contribution < -0.4 is 5.32 Å². The number of amides is 1. The Morgan fingerprint density at radius 2 is 1.94 bits per heavy atom. The number of fused-ring (bicyclic) bond motifs is 1. The summed E-state index contributed by atoms with van der Waals surface area (Å²) in [6.45, 7) is 1.79. The monoisotopic (exact) mass is 510 g/mol. The highest BCUT2D eigenvalue weighted by molar-refractivity contribution is 7.98. The zero-order valence-corrected chi connectivity index (χ0v) is 21.0.